The highest BCUT2D eigenvalue weighted by Crippen LogP contribution is 1.94. The Bertz CT molecular complexity index is 297. The molecule has 0 atom stereocenters. The highest BCUT2D eigenvalue weighted by Gasteiger charge is 2.17. The molecule has 0 amide bonds. The number of pyridine rings is 1. The van der Waals surface area contributed by atoms with E-state index in [1.54, 1.807) is 13.0 Å². The third kappa shape index (κ3) is 2.28. The van der Waals surface area contributed by atoms with Crippen LogP contribution in [-0.2, 0) is 11.3 Å². The number of ether oxygens (including phenoxy) is 1. The van der Waals surface area contributed by atoms with Gasteiger partial charge in [-0.3, -0.25) is 0 Å². The van der Waals surface area contributed by atoms with Crippen LogP contribution < -0.4 is 4.57 Å². The van der Waals surface area contributed by atoms with E-state index in [9.17, 15) is 4.79 Å². The van der Waals surface area contributed by atoms with Crippen LogP contribution in [0.4, 0.5) is 0 Å². The SMILES string of the molecule is CCOC(=O)c1cccc[n+]1CC. The molecule has 0 unspecified atom stereocenters. The summed E-state index contributed by atoms with van der Waals surface area (Å²) in [4.78, 5) is 11.4. The molecule has 0 spiro atoms. The van der Waals surface area contributed by atoms with Gasteiger partial charge in [-0.2, -0.15) is 4.57 Å². The fourth-order valence-electron chi connectivity index (χ4n) is 1.14. The predicted octanol–water partition coefficient (Wildman–Crippen LogP) is 1.17. The van der Waals surface area contributed by atoms with Crippen molar-refractivity contribution in [2.75, 3.05) is 6.61 Å². The maximum atomic E-state index is 11.4. The van der Waals surface area contributed by atoms with Crippen molar-refractivity contribution >= 4 is 5.97 Å². The van der Waals surface area contributed by atoms with Crippen LogP contribution in [0.15, 0.2) is 24.4 Å². The number of carbonyl (C=O) groups excluding carboxylic acids is 1. The van der Waals surface area contributed by atoms with Crippen molar-refractivity contribution in [1.82, 2.24) is 0 Å². The predicted molar refractivity (Wildman–Crippen MR) is 48.3 cm³/mol. The van der Waals surface area contributed by atoms with Crippen molar-refractivity contribution in [3.8, 4) is 0 Å². The van der Waals surface area contributed by atoms with Gasteiger partial charge in [-0.05, 0) is 19.9 Å². The lowest BCUT2D eigenvalue weighted by molar-refractivity contribution is -0.696. The summed E-state index contributed by atoms with van der Waals surface area (Å²) >= 11 is 0. The lowest BCUT2D eigenvalue weighted by Gasteiger charge is -2.00. The smallest absolute Gasteiger partial charge is 0.403 e. The van der Waals surface area contributed by atoms with E-state index in [2.05, 4.69) is 0 Å². The lowest BCUT2D eigenvalue weighted by Crippen LogP contribution is -2.39. The zero-order valence-corrected chi connectivity index (χ0v) is 7.99. The summed E-state index contributed by atoms with van der Waals surface area (Å²) in [6.45, 7) is 4.98. The van der Waals surface area contributed by atoms with Crippen LogP contribution in [-0.4, -0.2) is 12.6 Å². The zero-order chi connectivity index (χ0) is 9.68. The highest BCUT2D eigenvalue weighted by atomic mass is 16.5. The average Bonchev–Trinajstić information content (AvgIpc) is 2.18. The Morgan fingerprint density at radius 3 is 2.85 bits per heavy atom. The van der Waals surface area contributed by atoms with E-state index < -0.39 is 0 Å². The summed E-state index contributed by atoms with van der Waals surface area (Å²) in [5, 5.41) is 0. The van der Waals surface area contributed by atoms with Crippen LogP contribution in [0, 0.1) is 0 Å². The van der Waals surface area contributed by atoms with Gasteiger partial charge in [0.15, 0.2) is 6.20 Å². The first-order valence-corrected chi connectivity index (χ1v) is 4.45. The van der Waals surface area contributed by atoms with Crippen molar-refractivity contribution < 1.29 is 14.1 Å². The van der Waals surface area contributed by atoms with Gasteiger partial charge in [0.1, 0.15) is 6.54 Å². The maximum absolute atomic E-state index is 11.4. The molecule has 0 aliphatic heterocycles. The van der Waals surface area contributed by atoms with E-state index in [4.69, 9.17) is 4.74 Å². The minimum absolute atomic E-state index is 0.259. The average molecular weight is 180 g/mol. The second kappa shape index (κ2) is 4.60. The Labute approximate surface area is 78.0 Å². The summed E-state index contributed by atoms with van der Waals surface area (Å²) in [6, 6.07) is 5.49. The van der Waals surface area contributed by atoms with Gasteiger partial charge in [-0.25, -0.2) is 4.79 Å². The Morgan fingerprint density at radius 2 is 2.23 bits per heavy atom. The molecule has 0 aliphatic carbocycles. The monoisotopic (exact) mass is 180 g/mol. The standard InChI is InChI=1S/C10H14NO2/c1-3-11-8-6-5-7-9(11)10(12)13-4-2/h5-8H,3-4H2,1-2H3/q+1. The Balaban J connectivity index is 2.92. The molecule has 70 valence electrons. The largest absolute Gasteiger partial charge is 0.458 e. The van der Waals surface area contributed by atoms with Crippen molar-refractivity contribution in [2.45, 2.75) is 20.4 Å². The van der Waals surface area contributed by atoms with E-state index >= 15 is 0 Å². The van der Waals surface area contributed by atoms with Crippen LogP contribution in [0.5, 0.6) is 0 Å². The molecule has 0 fully saturated rings. The van der Waals surface area contributed by atoms with Crippen LogP contribution in [0.3, 0.4) is 0 Å². The van der Waals surface area contributed by atoms with Crippen molar-refractivity contribution in [1.29, 1.82) is 0 Å². The molecule has 0 bridgehead atoms. The summed E-state index contributed by atoms with van der Waals surface area (Å²) in [6.07, 6.45) is 1.87. The van der Waals surface area contributed by atoms with E-state index in [-0.39, 0.29) is 5.97 Å². The van der Waals surface area contributed by atoms with Crippen molar-refractivity contribution in [3.63, 3.8) is 0 Å². The number of hydrogen-bond acceptors (Lipinski definition) is 2. The Morgan fingerprint density at radius 1 is 1.46 bits per heavy atom. The maximum Gasteiger partial charge on any atom is 0.403 e. The van der Waals surface area contributed by atoms with Crippen LogP contribution >= 0.6 is 0 Å². The van der Waals surface area contributed by atoms with Crippen LogP contribution in [0.25, 0.3) is 0 Å². The number of nitrogens with zero attached hydrogens (tertiary/aromatic N) is 1. The minimum atomic E-state index is -0.259. The molecular formula is C10H14NO2+. The van der Waals surface area contributed by atoms with Gasteiger partial charge in [0.25, 0.3) is 5.69 Å². The van der Waals surface area contributed by atoms with E-state index in [1.807, 2.05) is 29.8 Å². The molecule has 1 aromatic heterocycles. The molecule has 0 saturated heterocycles. The molecule has 0 aromatic carbocycles. The topological polar surface area (TPSA) is 30.2 Å². The molecule has 1 heterocycles. The molecule has 0 radical (unpaired) electrons. The van der Waals surface area contributed by atoms with Gasteiger partial charge in [0.05, 0.1) is 6.61 Å². The van der Waals surface area contributed by atoms with E-state index in [1.165, 1.54) is 0 Å². The normalized spacial score (nSPS) is 9.69. The zero-order valence-electron chi connectivity index (χ0n) is 7.99. The number of carbonyl (C=O) groups is 1. The number of aromatic nitrogens is 1. The molecule has 3 nitrogen and oxygen atoms in total. The fraction of sp³-hybridized carbons (Fsp3) is 0.400. The second-order valence-electron chi connectivity index (χ2n) is 2.59. The summed E-state index contributed by atoms with van der Waals surface area (Å²) in [5.41, 5.74) is 0.604. The Hall–Kier alpha value is -1.38. The van der Waals surface area contributed by atoms with E-state index in [0.717, 1.165) is 6.54 Å². The van der Waals surface area contributed by atoms with Crippen molar-refractivity contribution in [2.24, 2.45) is 0 Å². The second-order valence-corrected chi connectivity index (χ2v) is 2.59. The fourth-order valence-corrected chi connectivity index (χ4v) is 1.14. The van der Waals surface area contributed by atoms with Gasteiger partial charge >= 0.3 is 5.97 Å². The summed E-state index contributed by atoms with van der Waals surface area (Å²) in [7, 11) is 0. The number of rotatable bonds is 3. The quantitative estimate of drug-likeness (QED) is 0.516. The van der Waals surface area contributed by atoms with Crippen LogP contribution in [0.2, 0.25) is 0 Å². The molecule has 0 N–H and O–H groups in total. The van der Waals surface area contributed by atoms with Gasteiger partial charge < -0.3 is 4.74 Å². The molecule has 0 saturated carbocycles. The Kier molecular flexibility index (Phi) is 3.43. The number of aryl methyl sites for hydroxylation is 1. The molecule has 1 rings (SSSR count). The van der Waals surface area contributed by atoms with E-state index in [0.29, 0.717) is 12.3 Å². The number of hydrogen-bond donors (Lipinski definition) is 0. The molecular weight excluding hydrogens is 166 g/mol. The molecule has 3 heteroatoms. The lowest BCUT2D eigenvalue weighted by atomic mass is 10.3. The molecule has 0 aliphatic rings. The third-order valence-corrected chi connectivity index (χ3v) is 1.77. The van der Waals surface area contributed by atoms with Gasteiger partial charge in [-0.15, -0.1) is 0 Å². The number of esters is 1. The van der Waals surface area contributed by atoms with Gasteiger partial charge in [0, 0.05) is 12.1 Å². The summed E-state index contributed by atoms with van der Waals surface area (Å²) in [5.74, 6) is -0.259. The van der Waals surface area contributed by atoms with Crippen LogP contribution in [0.1, 0.15) is 24.3 Å². The molecule has 1 aromatic rings. The first-order valence-electron chi connectivity index (χ1n) is 4.45. The molecule has 13 heavy (non-hydrogen) atoms. The van der Waals surface area contributed by atoms with Gasteiger partial charge in [0.2, 0.25) is 0 Å². The van der Waals surface area contributed by atoms with Crippen molar-refractivity contribution in [3.05, 3.63) is 30.1 Å². The third-order valence-electron chi connectivity index (χ3n) is 1.77. The first-order chi connectivity index (χ1) is 6.29. The minimum Gasteiger partial charge on any atom is -0.458 e. The summed E-state index contributed by atoms with van der Waals surface area (Å²) < 4.78 is 6.77. The van der Waals surface area contributed by atoms with Gasteiger partial charge in [-0.1, -0.05) is 0 Å². The first kappa shape index (κ1) is 9.71. The highest BCUT2D eigenvalue weighted by molar-refractivity contribution is 5.85.